The minimum Gasteiger partial charge on any atom is -0.381 e. The second-order valence-electron chi connectivity index (χ2n) is 7.58. The Bertz CT molecular complexity index is 775. The maximum Gasteiger partial charge on any atom is 0.126 e. The zero-order chi connectivity index (χ0) is 19.2. The summed E-state index contributed by atoms with van der Waals surface area (Å²) in [5, 5.41) is 11.0. The lowest BCUT2D eigenvalue weighted by Crippen LogP contribution is -2.38. The first-order chi connectivity index (χ1) is 13.8. The Labute approximate surface area is 171 Å². The molecule has 3 N–H and O–H groups in total. The quantitative estimate of drug-likeness (QED) is 0.683. The number of piperidine rings is 1. The molecule has 0 spiro atoms. The summed E-state index contributed by atoms with van der Waals surface area (Å²) in [6, 6.07) is 8.42. The molecule has 0 bridgehead atoms. The Hall–Kier alpha value is -1.89. The molecule has 0 aliphatic carbocycles. The van der Waals surface area contributed by atoms with Crippen LogP contribution in [0.4, 0.5) is 11.6 Å². The molecular formula is C21H28ClN5O. The van der Waals surface area contributed by atoms with Crippen LogP contribution >= 0.6 is 11.6 Å². The smallest absolute Gasteiger partial charge is 0.126 e. The molecule has 0 unspecified atom stereocenters. The lowest BCUT2D eigenvalue weighted by molar-refractivity contribution is 0.0699. The molecule has 0 radical (unpaired) electrons. The lowest BCUT2D eigenvalue weighted by atomic mass is 10.0. The van der Waals surface area contributed by atoms with Gasteiger partial charge in [-0.1, -0.05) is 17.7 Å². The zero-order valence-corrected chi connectivity index (χ0v) is 16.8. The average Bonchev–Trinajstić information content (AvgIpc) is 2.75. The van der Waals surface area contributed by atoms with Crippen molar-refractivity contribution in [2.75, 3.05) is 43.5 Å². The average molecular weight is 402 g/mol. The molecule has 0 aromatic carbocycles. The first-order valence-corrected chi connectivity index (χ1v) is 10.6. The van der Waals surface area contributed by atoms with Gasteiger partial charge in [-0.05, 0) is 56.3 Å². The summed E-state index contributed by atoms with van der Waals surface area (Å²) in [6.45, 7) is 4.70. The van der Waals surface area contributed by atoms with Crippen LogP contribution in [0.25, 0.3) is 11.3 Å². The minimum atomic E-state index is 0.399. The number of anilines is 2. The molecule has 28 heavy (non-hydrogen) atoms. The Balaban J connectivity index is 1.45. The van der Waals surface area contributed by atoms with E-state index in [4.69, 9.17) is 21.3 Å². The number of pyridine rings is 2. The Morgan fingerprint density at radius 2 is 2.07 bits per heavy atom. The van der Waals surface area contributed by atoms with Crippen LogP contribution < -0.4 is 16.0 Å². The van der Waals surface area contributed by atoms with E-state index in [-0.39, 0.29) is 0 Å². The molecule has 0 saturated carbocycles. The van der Waals surface area contributed by atoms with E-state index in [2.05, 4.69) is 20.9 Å². The van der Waals surface area contributed by atoms with Crippen molar-refractivity contribution >= 4 is 23.2 Å². The zero-order valence-electron chi connectivity index (χ0n) is 16.1. The van der Waals surface area contributed by atoms with Crippen molar-refractivity contribution in [3.63, 3.8) is 0 Å². The van der Waals surface area contributed by atoms with Gasteiger partial charge < -0.3 is 20.7 Å². The van der Waals surface area contributed by atoms with E-state index in [1.54, 1.807) is 6.20 Å². The normalized spacial score (nSPS) is 20.7. The fourth-order valence-corrected chi connectivity index (χ4v) is 3.98. The molecule has 2 aromatic rings. The highest BCUT2D eigenvalue weighted by molar-refractivity contribution is 6.33. The molecule has 2 fully saturated rings. The molecule has 6 nitrogen and oxygen atoms in total. The highest BCUT2D eigenvalue weighted by Crippen LogP contribution is 2.29. The fourth-order valence-electron chi connectivity index (χ4n) is 3.78. The minimum absolute atomic E-state index is 0.399. The van der Waals surface area contributed by atoms with Crippen molar-refractivity contribution in [3.05, 3.63) is 35.5 Å². The van der Waals surface area contributed by atoms with E-state index < -0.39 is 0 Å². The van der Waals surface area contributed by atoms with Crippen LogP contribution in [0, 0.1) is 5.92 Å². The maximum atomic E-state index is 6.45. The molecular weight excluding hydrogens is 374 g/mol. The monoisotopic (exact) mass is 401 g/mol. The third kappa shape index (κ3) is 5.13. The number of ether oxygens (including phenoxy) is 1. The number of rotatable bonds is 6. The Kier molecular flexibility index (Phi) is 6.62. The van der Waals surface area contributed by atoms with Gasteiger partial charge in [0.2, 0.25) is 0 Å². The van der Waals surface area contributed by atoms with Crippen molar-refractivity contribution in [2.45, 2.75) is 31.7 Å². The van der Waals surface area contributed by atoms with Gasteiger partial charge in [0.1, 0.15) is 11.6 Å². The SMILES string of the molecule is Clc1cnc(N[C@H]2CCCNC2)cc1-c1cccc(NCC2CCOCC2)n1. The standard InChI is InChI=1S/C21H28ClN5O/c22-18-14-25-21(26-16-3-2-8-23-13-16)11-17(18)19-4-1-5-20(27-19)24-12-15-6-9-28-10-7-15/h1,4-5,11,14-16,23H,2-3,6-10,12-13H2,(H,24,27)(H,25,26)/t16-/m0/s1. The van der Waals surface area contributed by atoms with E-state index in [0.29, 0.717) is 17.0 Å². The van der Waals surface area contributed by atoms with Crippen molar-refractivity contribution < 1.29 is 4.74 Å². The molecule has 7 heteroatoms. The lowest BCUT2D eigenvalue weighted by Gasteiger charge is -2.24. The van der Waals surface area contributed by atoms with Crippen LogP contribution in [0.2, 0.25) is 5.02 Å². The van der Waals surface area contributed by atoms with Gasteiger partial charge in [0.15, 0.2) is 0 Å². The van der Waals surface area contributed by atoms with Crippen molar-refractivity contribution in [2.24, 2.45) is 5.92 Å². The van der Waals surface area contributed by atoms with Crippen LogP contribution in [0.5, 0.6) is 0 Å². The summed E-state index contributed by atoms with van der Waals surface area (Å²) >= 11 is 6.45. The predicted molar refractivity (Wildman–Crippen MR) is 114 cm³/mol. The summed E-state index contributed by atoms with van der Waals surface area (Å²) in [5.41, 5.74) is 1.76. The number of aromatic nitrogens is 2. The topological polar surface area (TPSA) is 71.1 Å². The number of hydrogen-bond donors (Lipinski definition) is 3. The highest BCUT2D eigenvalue weighted by Gasteiger charge is 2.16. The van der Waals surface area contributed by atoms with Gasteiger partial charge in [-0.3, -0.25) is 0 Å². The van der Waals surface area contributed by atoms with Crippen molar-refractivity contribution in [3.8, 4) is 11.3 Å². The number of halogens is 1. The number of hydrogen-bond acceptors (Lipinski definition) is 6. The molecule has 2 saturated heterocycles. The van der Waals surface area contributed by atoms with Gasteiger partial charge in [-0.15, -0.1) is 0 Å². The van der Waals surface area contributed by atoms with Gasteiger partial charge in [0.25, 0.3) is 0 Å². The molecule has 2 aromatic heterocycles. The highest BCUT2D eigenvalue weighted by atomic mass is 35.5. The Morgan fingerprint density at radius 1 is 1.18 bits per heavy atom. The van der Waals surface area contributed by atoms with Crippen molar-refractivity contribution in [1.82, 2.24) is 15.3 Å². The second-order valence-corrected chi connectivity index (χ2v) is 7.99. The van der Waals surface area contributed by atoms with Gasteiger partial charge >= 0.3 is 0 Å². The summed E-state index contributed by atoms with van der Waals surface area (Å²) in [4.78, 5) is 9.23. The van der Waals surface area contributed by atoms with E-state index in [1.165, 1.54) is 6.42 Å². The molecule has 2 aliphatic rings. The maximum absolute atomic E-state index is 6.45. The van der Waals surface area contributed by atoms with Crippen LogP contribution in [-0.4, -0.2) is 48.9 Å². The molecule has 4 heterocycles. The van der Waals surface area contributed by atoms with E-state index in [9.17, 15) is 0 Å². The summed E-state index contributed by atoms with van der Waals surface area (Å²) in [5.74, 6) is 2.36. The van der Waals surface area contributed by atoms with Gasteiger partial charge in [-0.2, -0.15) is 0 Å². The third-order valence-corrected chi connectivity index (χ3v) is 5.74. The second kappa shape index (κ2) is 9.54. The van der Waals surface area contributed by atoms with Gasteiger partial charge in [0.05, 0.1) is 10.7 Å². The van der Waals surface area contributed by atoms with Crippen LogP contribution in [0.3, 0.4) is 0 Å². The van der Waals surface area contributed by atoms with Crippen molar-refractivity contribution in [1.29, 1.82) is 0 Å². The first-order valence-electron chi connectivity index (χ1n) is 10.2. The molecule has 2 aliphatic heterocycles. The van der Waals surface area contributed by atoms with Crippen LogP contribution in [-0.2, 0) is 4.74 Å². The fraction of sp³-hybridized carbons (Fsp3) is 0.524. The first kappa shape index (κ1) is 19.4. The molecule has 1 atom stereocenters. The summed E-state index contributed by atoms with van der Waals surface area (Å²) in [7, 11) is 0. The predicted octanol–water partition coefficient (Wildman–Crippen LogP) is 3.80. The van der Waals surface area contributed by atoms with E-state index in [0.717, 1.165) is 75.0 Å². The molecule has 150 valence electrons. The third-order valence-electron chi connectivity index (χ3n) is 5.44. The largest absolute Gasteiger partial charge is 0.381 e. The summed E-state index contributed by atoms with van der Waals surface area (Å²) < 4.78 is 5.43. The van der Waals surface area contributed by atoms with Crippen LogP contribution in [0.15, 0.2) is 30.5 Å². The summed E-state index contributed by atoms with van der Waals surface area (Å²) in [6.07, 6.45) is 6.25. The van der Waals surface area contributed by atoms with E-state index in [1.807, 2.05) is 24.3 Å². The van der Waals surface area contributed by atoms with Gasteiger partial charge in [-0.25, -0.2) is 9.97 Å². The number of nitrogens with zero attached hydrogens (tertiary/aromatic N) is 2. The number of nitrogens with one attached hydrogen (secondary N) is 3. The molecule has 0 amide bonds. The Morgan fingerprint density at radius 3 is 2.89 bits per heavy atom. The molecule has 4 rings (SSSR count). The van der Waals surface area contributed by atoms with Crippen LogP contribution in [0.1, 0.15) is 25.7 Å². The van der Waals surface area contributed by atoms with E-state index >= 15 is 0 Å². The van der Waals surface area contributed by atoms with Gasteiger partial charge in [0, 0.05) is 44.1 Å².